The van der Waals surface area contributed by atoms with Gasteiger partial charge in [0.05, 0.1) is 0 Å². The van der Waals surface area contributed by atoms with Crippen LogP contribution in [0, 0.1) is 6.92 Å². The van der Waals surface area contributed by atoms with E-state index in [4.69, 9.17) is 4.74 Å². The lowest BCUT2D eigenvalue weighted by atomic mass is 10.2. The molecule has 0 atom stereocenters. The van der Waals surface area contributed by atoms with Crippen molar-refractivity contribution in [2.45, 2.75) is 27.4 Å². The highest BCUT2D eigenvalue weighted by molar-refractivity contribution is 5.27. The van der Waals surface area contributed by atoms with Gasteiger partial charge in [0.1, 0.15) is 12.4 Å². The Morgan fingerprint density at radius 1 is 1.29 bits per heavy atom. The zero-order chi connectivity index (χ0) is 12.7. The molecule has 1 rings (SSSR count). The van der Waals surface area contributed by atoms with E-state index in [0.29, 0.717) is 6.61 Å². The summed E-state index contributed by atoms with van der Waals surface area (Å²) in [4.78, 5) is 0. The molecular formula is C16H20O. The van der Waals surface area contributed by atoms with E-state index < -0.39 is 0 Å². The smallest absolute Gasteiger partial charge is 0.122 e. The molecule has 0 radical (unpaired) electrons. The molecule has 0 aromatic heterocycles. The maximum atomic E-state index is 5.78. The molecule has 1 aromatic carbocycles. The van der Waals surface area contributed by atoms with Crippen molar-refractivity contribution in [2.75, 3.05) is 0 Å². The van der Waals surface area contributed by atoms with Gasteiger partial charge in [-0.1, -0.05) is 48.6 Å². The van der Waals surface area contributed by atoms with E-state index in [-0.39, 0.29) is 0 Å². The van der Waals surface area contributed by atoms with Gasteiger partial charge in [-0.3, -0.25) is 0 Å². The van der Waals surface area contributed by atoms with Gasteiger partial charge in [-0.15, -0.1) is 0 Å². The van der Waals surface area contributed by atoms with Crippen LogP contribution >= 0.6 is 0 Å². The Bertz CT molecular complexity index is 421. The summed E-state index contributed by atoms with van der Waals surface area (Å²) in [5.41, 5.74) is 3.49. The van der Waals surface area contributed by atoms with Crippen LogP contribution in [0.4, 0.5) is 0 Å². The summed E-state index contributed by atoms with van der Waals surface area (Å²) < 4.78 is 5.78. The van der Waals surface area contributed by atoms with E-state index in [1.807, 2.05) is 32.1 Å². The van der Waals surface area contributed by atoms with Gasteiger partial charge in [0.25, 0.3) is 0 Å². The summed E-state index contributed by atoms with van der Waals surface area (Å²) in [6.45, 7) is 10.4. The van der Waals surface area contributed by atoms with Crippen LogP contribution < -0.4 is 0 Å². The minimum Gasteiger partial charge on any atom is -0.489 e. The highest BCUT2D eigenvalue weighted by Gasteiger charge is 1.99. The van der Waals surface area contributed by atoms with Gasteiger partial charge in [-0.2, -0.15) is 0 Å². The summed E-state index contributed by atoms with van der Waals surface area (Å²) in [5, 5.41) is 0. The van der Waals surface area contributed by atoms with E-state index in [0.717, 1.165) is 11.3 Å². The topological polar surface area (TPSA) is 9.23 Å². The van der Waals surface area contributed by atoms with Crippen molar-refractivity contribution in [1.29, 1.82) is 0 Å². The van der Waals surface area contributed by atoms with Crippen LogP contribution in [-0.4, -0.2) is 0 Å². The Kier molecular flexibility index (Phi) is 5.28. The highest BCUT2D eigenvalue weighted by atomic mass is 16.5. The maximum Gasteiger partial charge on any atom is 0.122 e. The molecule has 1 nitrogen and oxygen atoms in total. The first-order valence-corrected chi connectivity index (χ1v) is 5.81. The Morgan fingerprint density at radius 2 is 1.94 bits per heavy atom. The fraction of sp³-hybridized carbons (Fsp3) is 0.250. The fourth-order valence-electron chi connectivity index (χ4n) is 1.39. The summed E-state index contributed by atoms with van der Waals surface area (Å²) in [7, 11) is 0. The number of benzene rings is 1. The SMILES string of the molecule is C=C/C(C)=C(\C=C/C)OCc1ccc(C)cc1. The van der Waals surface area contributed by atoms with Gasteiger partial charge in [0, 0.05) is 0 Å². The maximum absolute atomic E-state index is 5.78. The monoisotopic (exact) mass is 228 g/mol. The lowest BCUT2D eigenvalue weighted by Crippen LogP contribution is -1.94. The van der Waals surface area contributed by atoms with Crippen LogP contribution in [0.15, 0.2) is 60.4 Å². The number of hydrogen-bond donors (Lipinski definition) is 0. The fourth-order valence-corrected chi connectivity index (χ4v) is 1.39. The van der Waals surface area contributed by atoms with Crippen molar-refractivity contribution in [3.8, 4) is 0 Å². The van der Waals surface area contributed by atoms with Crippen LogP contribution in [0.5, 0.6) is 0 Å². The molecule has 0 heterocycles. The molecule has 0 fully saturated rings. The normalized spacial score (nSPS) is 12.4. The van der Waals surface area contributed by atoms with Crippen molar-refractivity contribution in [3.63, 3.8) is 0 Å². The van der Waals surface area contributed by atoms with E-state index in [2.05, 4.69) is 37.8 Å². The second-order valence-corrected chi connectivity index (χ2v) is 4.03. The van der Waals surface area contributed by atoms with E-state index in [1.165, 1.54) is 11.1 Å². The second-order valence-electron chi connectivity index (χ2n) is 4.03. The van der Waals surface area contributed by atoms with Crippen LogP contribution in [0.25, 0.3) is 0 Å². The molecular weight excluding hydrogens is 208 g/mol. The molecule has 17 heavy (non-hydrogen) atoms. The number of hydrogen-bond acceptors (Lipinski definition) is 1. The van der Waals surface area contributed by atoms with E-state index in [1.54, 1.807) is 0 Å². The molecule has 0 aliphatic rings. The molecule has 0 saturated carbocycles. The van der Waals surface area contributed by atoms with Crippen LogP contribution in [-0.2, 0) is 11.3 Å². The third-order valence-electron chi connectivity index (χ3n) is 2.53. The first kappa shape index (κ1) is 13.3. The molecule has 0 spiro atoms. The first-order valence-electron chi connectivity index (χ1n) is 5.81. The molecule has 0 unspecified atom stereocenters. The number of allylic oxidation sites excluding steroid dienone is 4. The van der Waals surface area contributed by atoms with Gasteiger partial charge in [-0.25, -0.2) is 0 Å². The Hall–Kier alpha value is -1.76. The lowest BCUT2D eigenvalue weighted by molar-refractivity contribution is 0.208. The molecule has 0 aliphatic carbocycles. The molecule has 0 aliphatic heterocycles. The van der Waals surface area contributed by atoms with Crippen LogP contribution in [0.3, 0.4) is 0 Å². The quantitative estimate of drug-likeness (QED) is 0.530. The molecule has 0 saturated heterocycles. The van der Waals surface area contributed by atoms with Gasteiger partial charge in [-0.05, 0) is 38.0 Å². The first-order chi connectivity index (χ1) is 8.17. The van der Waals surface area contributed by atoms with Crippen molar-refractivity contribution < 1.29 is 4.74 Å². The lowest BCUT2D eigenvalue weighted by Gasteiger charge is -2.09. The van der Waals surface area contributed by atoms with Crippen LogP contribution in [0.2, 0.25) is 0 Å². The molecule has 0 bridgehead atoms. The van der Waals surface area contributed by atoms with Gasteiger partial charge in [0.15, 0.2) is 0 Å². The molecule has 0 amide bonds. The van der Waals surface area contributed by atoms with Crippen molar-refractivity contribution >= 4 is 0 Å². The minimum absolute atomic E-state index is 0.588. The highest BCUT2D eigenvalue weighted by Crippen LogP contribution is 2.13. The van der Waals surface area contributed by atoms with Gasteiger partial charge >= 0.3 is 0 Å². The predicted octanol–water partition coefficient (Wildman–Crippen LogP) is 4.55. The number of rotatable bonds is 5. The van der Waals surface area contributed by atoms with Crippen molar-refractivity contribution in [3.05, 3.63) is 71.5 Å². The van der Waals surface area contributed by atoms with Crippen molar-refractivity contribution in [2.24, 2.45) is 0 Å². The number of ether oxygens (including phenoxy) is 1. The van der Waals surface area contributed by atoms with Crippen molar-refractivity contribution in [1.82, 2.24) is 0 Å². The third kappa shape index (κ3) is 4.31. The average molecular weight is 228 g/mol. The molecule has 1 heteroatoms. The summed E-state index contributed by atoms with van der Waals surface area (Å²) in [5.74, 6) is 0.878. The second kappa shape index (κ2) is 6.74. The van der Waals surface area contributed by atoms with E-state index >= 15 is 0 Å². The standard InChI is InChI=1S/C16H20O/c1-5-7-16(14(4)6-2)17-12-15-10-8-13(3)9-11-15/h5-11H,2,12H2,1,3-4H3/b7-5-,16-14+. The van der Waals surface area contributed by atoms with E-state index in [9.17, 15) is 0 Å². The Balaban J connectivity index is 2.71. The molecule has 1 aromatic rings. The largest absolute Gasteiger partial charge is 0.489 e. The zero-order valence-corrected chi connectivity index (χ0v) is 10.9. The molecule has 90 valence electrons. The van der Waals surface area contributed by atoms with Crippen LogP contribution in [0.1, 0.15) is 25.0 Å². The summed E-state index contributed by atoms with van der Waals surface area (Å²) in [6, 6.07) is 8.37. The Morgan fingerprint density at radius 3 is 2.47 bits per heavy atom. The average Bonchev–Trinajstić information content (AvgIpc) is 2.35. The van der Waals surface area contributed by atoms with Gasteiger partial charge < -0.3 is 4.74 Å². The zero-order valence-electron chi connectivity index (χ0n) is 10.9. The summed E-state index contributed by atoms with van der Waals surface area (Å²) >= 11 is 0. The predicted molar refractivity (Wildman–Crippen MR) is 73.7 cm³/mol. The van der Waals surface area contributed by atoms with Gasteiger partial charge in [0.2, 0.25) is 0 Å². The Labute approximate surface area is 104 Å². The number of aryl methyl sites for hydroxylation is 1. The summed E-state index contributed by atoms with van der Waals surface area (Å²) in [6.07, 6.45) is 5.74. The minimum atomic E-state index is 0.588. The third-order valence-corrected chi connectivity index (χ3v) is 2.53. The molecule has 0 N–H and O–H groups in total.